The third kappa shape index (κ3) is 2.80. The van der Waals surface area contributed by atoms with Gasteiger partial charge in [0.2, 0.25) is 0 Å². The zero-order valence-corrected chi connectivity index (χ0v) is 11.1. The second-order valence-electron chi connectivity index (χ2n) is 4.32. The van der Waals surface area contributed by atoms with Gasteiger partial charge in [-0.15, -0.1) is 0 Å². The standard InChI is InChI=1S/C14H13N3O3/c1-10-8-12(16(2)15-10)9-13(17(19)20)14(18)11-6-4-3-5-7-11/h3-9H,1-2H3/b13-9-. The van der Waals surface area contributed by atoms with Gasteiger partial charge in [0.05, 0.1) is 16.3 Å². The highest BCUT2D eigenvalue weighted by Gasteiger charge is 2.24. The molecule has 6 heteroatoms. The summed E-state index contributed by atoms with van der Waals surface area (Å²) in [6.45, 7) is 1.78. The van der Waals surface area contributed by atoms with E-state index < -0.39 is 16.4 Å². The van der Waals surface area contributed by atoms with Gasteiger partial charge in [0.1, 0.15) is 0 Å². The van der Waals surface area contributed by atoms with Gasteiger partial charge < -0.3 is 0 Å². The summed E-state index contributed by atoms with van der Waals surface area (Å²) in [5, 5.41) is 15.2. The van der Waals surface area contributed by atoms with Crippen LogP contribution in [0.15, 0.2) is 42.1 Å². The molecule has 0 aliphatic rings. The summed E-state index contributed by atoms with van der Waals surface area (Å²) in [4.78, 5) is 22.6. The molecule has 0 unspecified atom stereocenters. The van der Waals surface area contributed by atoms with E-state index in [-0.39, 0.29) is 5.56 Å². The number of allylic oxidation sites excluding steroid dienone is 1. The number of carbonyl (C=O) groups is 1. The molecule has 0 saturated carbocycles. The molecule has 1 aromatic heterocycles. The molecule has 102 valence electrons. The lowest BCUT2D eigenvalue weighted by Gasteiger charge is -1.99. The molecule has 1 aromatic carbocycles. The van der Waals surface area contributed by atoms with Crippen LogP contribution >= 0.6 is 0 Å². The highest BCUT2D eigenvalue weighted by Crippen LogP contribution is 2.14. The van der Waals surface area contributed by atoms with E-state index in [0.29, 0.717) is 5.69 Å². The van der Waals surface area contributed by atoms with Crippen LogP contribution in [-0.4, -0.2) is 20.5 Å². The van der Waals surface area contributed by atoms with E-state index in [4.69, 9.17) is 0 Å². The minimum Gasteiger partial charge on any atom is -0.282 e. The lowest BCUT2D eigenvalue weighted by molar-refractivity contribution is -0.415. The second kappa shape index (κ2) is 5.48. The van der Waals surface area contributed by atoms with E-state index in [9.17, 15) is 14.9 Å². The topological polar surface area (TPSA) is 78.0 Å². The van der Waals surface area contributed by atoms with Crippen molar-refractivity contribution in [1.29, 1.82) is 0 Å². The minimum absolute atomic E-state index is 0.286. The molecule has 0 spiro atoms. The molecular formula is C14H13N3O3. The summed E-state index contributed by atoms with van der Waals surface area (Å²) < 4.78 is 1.50. The molecule has 0 aliphatic carbocycles. The van der Waals surface area contributed by atoms with Crippen molar-refractivity contribution in [2.24, 2.45) is 7.05 Å². The number of Topliss-reactive ketones (excluding diaryl/α,β-unsaturated/α-hetero) is 1. The summed E-state index contributed by atoms with van der Waals surface area (Å²) in [6, 6.07) is 9.86. The van der Waals surface area contributed by atoms with Crippen LogP contribution in [0.2, 0.25) is 0 Å². The van der Waals surface area contributed by atoms with Crippen LogP contribution in [0.25, 0.3) is 6.08 Å². The lowest BCUT2D eigenvalue weighted by atomic mass is 10.1. The van der Waals surface area contributed by atoms with Crippen LogP contribution < -0.4 is 0 Å². The van der Waals surface area contributed by atoms with Crippen molar-refractivity contribution in [3.63, 3.8) is 0 Å². The van der Waals surface area contributed by atoms with Crippen molar-refractivity contribution in [3.05, 3.63) is 69.2 Å². The zero-order valence-electron chi connectivity index (χ0n) is 11.1. The van der Waals surface area contributed by atoms with Gasteiger partial charge in [-0.3, -0.25) is 19.6 Å². The van der Waals surface area contributed by atoms with Crippen LogP contribution in [0, 0.1) is 17.0 Å². The van der Waals surface area contributed by atoms with E-state index in [1.165, 1.54) is 10.8 Å². The first-order chi connectivity index (χ1) is 9.49. The summed E-state index contributed by atoms with van der Waals surface area (Å²) in [6.07, 6.45) is 1.25. The Morgan fingerprint density at radius 1 is 1.35 bits per heavy atom. The Balaban J connectivity index is 2.45. The van der Waals surface area contributed by atoms with E-state index in [1.54, 1.807) is 50.4 Å². The molecule has 0 N–H and O–H groups in total. The maximum atomic E-state index is 12.2. The number of aryl methyl sites for hydroxylation is 2. The molecule has 0 fully saturated rings. The predicted molar refractivity (Wildman–Crippen MR) is 73.7 cm³/mol. The molecule has 0 amide bonds. The fourth-order valence-electron chi connectivity index (χ4n) is 1.84. The SMILES string of the molecule is Cc1cc(/C=C(/C(=O)c2ccccc2)[N+](=O)[O-])n(C)n1. The van der Waals surface area contributed by atoms with Gasteiger partial charge in [-0.2, -0.15) is 5.10 Å². The third-order valence-corrected chi connectivity index (χ3v) is 2.79. The van der Waals surface area contributed by atoms with E-state index in [0.717, 1.165) is 5.69 Å². The molecule has 0 atom stereocenters. The van der Waals surface area contributed by atoms with Crippen LogP contribution in [-0.2, 0) is 7.05 Å². The van der Waals surface area contributed by atoms with Crippen molar-refractivity contribution < 1.29 is 9.72 Å². The summed E-state index contributed by atoms with van der Waals surface area (Å²) in [7, 11) is 1.67. The smallest absolute Gasteiger partial charge is 0.282 e. The van der Waals surface area contributed by atoms with Gasteiger partial charge >= 0.3 is 5.70 Å². The number of benzene rings is 1. The monoisotopic (exact) mass is 271 g/mol. The van der Waals surface area contributed by atoms with Crippen LogP contribution in [0.5, 0.6) is 0 Å². The maximum absolute atomic E-state index is 12.2. The summed E-state index contributed by atoms with van der Waals surface area (Å²) >= 11 is 0. The van der Waals surface area contributed by atoms with Gasteiger partial charge in [-0.25, -0.2) is 0 Å². The average molecular weight is 271 g/mol. The van der Waals surface area contributed by atoms with Gasteiger partial charge in [0.25, 0.3) is 5.78 Å². The quantitative estimate of drug-likeness (QED) is 0.370. The minimum atomic E-state index is -0.669. The zero-order chi connectivity index (χ0) is 14.7. The van der Waals surface area contributed by atoms with Crippen LogP contribution in [0.4, 0.5) is 0 Å². The number of aromatic nitrogens is 2. The number of nitro groups is 1. The van der Waals surface area contributed by atoms with E-state index in [1.807, 2.05) is 0 Å². The number of ketones is 1. The van der Waals surface area contributed by atoms with Crippen molar-refractivity contribution in [3.8, 4) is 0 Å². The Bertz CT molecular complexity index is 687. The van der Waals surface area contributed by atoms with Crippen molar-refractivity contribution in [1.82, 2.24) is 9.78 Å². The number of carbonyl (C=O) groups excluding carboxylic acids is 1. The van der Waals surface area contributed by atoms with Gasteiger partial charge in [0, 0.05) is 18.7 Å². The van der Waals surface area contributed by atoms with Crippen molar-refractivity contribution >= 4 is 11.9 Å². The fourth-order valence-corrected chi connectivity index (χ4v) is 1.84. The molecule has 0 radical (unpaired) electrons. The Morgan fingerprint density at radius 2 is 2.00 bits per heavy atom. The molecule has 6 nitrogen and oxygen atoms in total. The highest BCUT2D eigenvalue weighted by molar-refractivity contribution is 6.09. The molecular weight excluding hydrogens is 258 g/mol. The molecule has 1 heterocycles. The first-order valence-corrected chi connectivity index (χ1v) is 5.95. The maximum Gasteiger partial charge on any atom is 0.319 e. The Morgan fingerprint density at radius 3 is 2.50 bits per heavy atom. The van der Waals surface area contributed by atoms with Gasteiger partial charge in [0.15, 0.2) is 0 Å². The van der Waals surface area contributed by atoms with Crippen molar-refractivity contribution in [2.45, 2.75) is 6.92 Å². The Hall–Kier alpha value is -2.76. The number of hydrogen-bond donors (Lipinski definition) is 0. The number of rotatable bonds is 4. The highest BCUT2D eigenvalue weighted by atomic mass is 16.6. The molecule has 0 aliphatic heterocycles. The average Bonchev–Trinajstić information content (AvgIpc) is 2.74. The van der Waals surface area contributed by atoms with Gasteiger partial charge in [-0.05, 0) is 13.0 Å². The third-order valence-electron chi connectivity index (χ3n) is 2.79. The number of hydrogen-bond acceptors (Lipinski definition) is 4. The summed E-state index contributed by atoms with van der Waals surface area (Å²) in [5.74, 6) is -0.616. The first kappa shape index (κ1) is 13.7. The molecule has 2 aromatic rings. The molecule has 20 heavy (non-hydrogen) atoms. The van der Waals surface area contributed by atoms with Crippen LogP contribution in [0.3, 0.4) is 0 Å². The summed E-state index contributed by atoms with van der Waals surface area (Å²) in [5.41, 5.74) is 1.06. The molecule has 2 rings (SSSR count). The first-order valence-electron chi connectivity index (χ1n) is 5.95. The molecule has 0 bridgehead atoms. The molecule has 0 saturated heterocycles. The lowest BCUT2D eigenvalue weighted by Crippen LogP contribution is -2.12. The van der Waals surface area contributed by atoms with E-state index in [2.05, 4.69) is 5.10 Å². The van der Waals surface area contributed by atoms with Crippen molar-refractivity contribution in [2.75, 3.05) is 0 Å². The number of nitrogens with zero attached hydrogens (tertiary/aromatic N) is 3. The second-order valence-corrected chi connectivity index (χ2v) is 4.32. The largest absolute Gasteiger partial charge is 0.319 e. The normalized spacial score (nSPS) is 11.4. The van der Waals surface area contributed by atoms with Gasteiger partial charge in [-0.1, -0.05) is 30.3 Å². The predicted octanol–water partition coefficient (Wildman–Crippen LogP) is 2.23. The van der Waals surface area contributed by atoms with E-state index >= 15 is 0 Å². The Kier molecular flexibility index (Phi) is 3.74. The Labute approximate surface area is 115 Å². The fraction of sp³-hybridized carbons (Fsp3) is 0.143. The van der Waals surface area contributed by atoms with Crippen LogP contribution in [0.1, 0.15) is 21.7 Å².